The molecule has 94 valence electrons. The van der Waals surface area contributed by atoms with E-state index in [1.807, 2.05) is 0 Å². The summed E-state index contributed by atoms with van der Waals surface area (Å²) >= 11 is 0. The van der Waals surface area contributed by atoms with E-state index in [1.54, 1.807) is 0 Å². The molecule has 0 saturated carbocycles. The second-order valence-corrected chi connectivity index (χ2v) is 3.68. The molecule has 0 aliphatic carbocycles. The van der Waals surface area contributed by atoms with E-state index in [9.17, 15) is 18.0 Å². The summed E-state index contributed by atoms with van der Waals surface area (Å²) in [5, 5.41) is 0. The molecule has 0 amide bonds. The first-order valence-electron chi connectivity index (χ1n) is 5.16. The van der Waals surface area contributed by atoms with Gasteiger partial charge in [-0.05, 0) is 6.07 Å². The van der Waals surface area contributed by atoms with Crippen molar-refractivity contribution in [3.8, 4) is 0 Å². The quantitative estimate of drug-likeness (QED) is 0.856. The van der Waals surface area contributed by atoms with Gasteiger partial charge in [0.15, 0.2) is 5.78 Å². The maximum atomic E-state index is 12.7. The molecule has 18 heavy (non-hydrogen) atoms. The molecular formula is C12H9F3N2O. The Kier molecular flexibility index (Phi) is 3.18. The van der Waals surface area contributed by atoms with Crippen LogP contribution >= 0.6 is 0 Å². The number of alkyl halides is 3. The van der Waals surface area contributed by atoms with Gasteiger partial charge in [0.1, 0.15) is 5.82 Å². The summed E-state index contributed by atoms with van der Waals surface area (Å²) < 4.78 is 38.1. The number of aromatic amines is 1. The van der Waals surface area contributed by atoms with E-state index in [-0.39, 0.29) is 12.0 Å². The van der Waals surface area contributed by atoms with E-state index in [0.717, 1.165) is 6.07 Å². The number of Topliss-reactive ketones (excluding diaryl/α,β-unsaturated/α-hetero) is 1. The summed E-state index contributed by atoms with van der Waals surface area (Å²) in [5.74, 6) is -0.269. The molecule has 0 saturated heterocycles. The van der Waals surface area contributed by atoms with Gasteiger partial charge in [0.05, 0.1) is 12.0 Å². The monoisotopic (exact) mass is 254 g/mol. The van der Waals surface area contributed by atoms with Crippen LogP contribution in [0.2, 0.25) is 0 Å². The summed E-state index contributed by atoms with van der Waals surface area (Å²) in [5.41, 5.74) is -1.25. The van der Waals surface area contributed by atoms with Gasteiger partial charge in [-0.25, -0.2) is 4.98 Å². The Hall–Kier alpha value is -2.11. The van der Waals surface area contributed by atoms with E-state index in [4.69, 9.17) is 0 Å². The van der Waals surface area contributed by atoms with Gasteiger partial charge < -0.3 is 4.98 Å². The Balaban J connectivity index is 2.31. The molecule has 0 unspecified atom stereocenters. The molecular weight excluding hydrogens is 245 g/mol. The predicted octanol–water partition coefficient (Wildman–Crippen LogP) is 2.85. The lowest BCUT2D eigenvalue weighted by Gasteiger charge is -2.11. The van der Waals surface area contributed by atoms with Crippen LogP contribution < -0.4 is 0 Å². The molecule has 0 radical (unpaired) electrons. The number of hydrogen-bond donors (Lipinski definition) is 1. The Bertz CT molecular complexity index is 547. The van der Waals surface area contributed by atoms with Crippen LogP contribution in [0.15, 0.2) is 36.7 Å². The van der Waals surface area contributed by atoms with Crippen molar-refractivity contribution >= 4 is 5.78 Å². The van der Waals surface area contributed by atoms with Crippen molar-refractivity contribution in [2.45, 2.75) is 12.6 Å². The molecule has 0 aliphatic heterocycles. The highest BCUT2D eigenvalue weighted by molar-refractivity contribution is 5.98. The maximum absolute atomic E-state index is 12.7. The third-order valence-electron chi connectivity index (χ3n) is 2.42. The molecule has 2 rings (SSSR count). The third-order valence-corrected chi connectivity index (χ3v) is 2.42. The van der Waals surface area contributed by atoms with Crippen LogP contribution in [0.5, 0.6) is 0 Å². The van der Waals surface area contributed by atoms with Gasteiger partial charge in [0.2, 0.25) is 0 Å². The number of nitrogens with one attached hydrogen (secondary N) is 1. The van der Waals surface area contributed by atoms with Crippen molar-refractivity contribution < 1.29 is 18.0 Å². The molecule has 1 heterocycles. The molecule has 0 spiro atoms. The van der Waals surface area contributed by atoms with Crippen molar-refractivity contribution in [1.82, 2.24) is 9.97 Å². The largest absolute Gasteiger partial charge is 0.417 e. The van der Waals surface area contributed by atoms with Gasteiger partial charge in [-0.3, -0.25) is 4.79 Å². The van der Waals surface area contributed by atoms with Crippen molar-refractivity contribution in [2.75, 3.05) is 0 Å². The minimum atomic E-state index is -4.53. The van der Waals surface area contributed by atoms with Gasteiger partial charge in [-0.2, -0.15) is 13.2 Å². The fraction of sp³-hybridized carbons (Fsp3) is 0.167. The van der Waals surface area contributed by atoms with Crippen LogP contribution in [0.3, 0.4) is 0 Å². The molecule has 1 aromatic carbocycles. The number of carbonyl (C=O) groups excluding carboxylic acids is 1. The first kappa shape index (κ1) is 12.3. The molecule has 0 bridgehead atoms. The van der Waals surface area contributed by atoms with E-state index in [2.05, 4.69) is 9.97 Å². The number of halogens is 3. The smallest absolute Gasteiger partial charge is 0.348 e. The molecule has 0 atom stereocenters. The lowest BCUT2D eigenvalue weighted by Crippen LogP contribution is -2.14. The fourth-order valence-electron chi connectivity index (χ4n) is 1.62. The standard InChI is InChI=1S/C12H9F3N2O/c13-12(14,15)9-4-2-1-3-8(9)10(18)7-11-16-5-6-17-11/h1-6H,7H2,(H,16,17). The van der Waals surface area contributed by atoms with Gasteiger partial charge in [0.25, 0.3) is 0 Å². The Morgan fingerprint density at radius 2 is 2.00 bits per heavy atom. The number of ketones is 1. The minimum absolute atomic E-state index is 0.180. The average molecular weight is 254 g/mol. The number of imidazole rings is 1. The summed E-state index contributed by atoms with van der Waals surface area (Å²) in [6.07, 6.45) is -1.76. The van der Waals surface area contributed by atoms with Crippen LogP contribution in [-0.4, -0.2) is 15.8 Å². The fourth-order valence-corrected chi connectivity index (χ4v) is 1.62. The normalized spacial score (nSPS) is 11.5. The summed E-state index contributed by atoms with van der Waals surface area (Å²) in [7, 11) is 0. The van der Waals surface area contributed by atoms with Gasteiger partial charge in [-0.15, -0.1) is 0 Å². The number of rotatable bonds is 3. The Labute approximate surface area is 101 Å². The molecule has 2 aromatic rings. The zero-order valence-corrected chi connectivity index (χ0v) is 9.16. The number of nitrogens with zero attached hydrogens (tertiary/aromatic N) is 1. The van der Waals surface area contributed by atoms with E-state index < -0.39 is 17.5 Å². The average Bonchev–Trinajstić information content (AvgIpc) is 2.80. The third kappa shape index (κ3) is 2.58. The zero-order valence-electron chi connectivity index (χ0n) is 9.16. The molecule has 0 aliphatic rings. The second kappa shape index (κ2) is 4.64. The lowest BCUT2D eigenvalue weighted by molar-refractivity contribution is -0.137. The molecule has 1 aromatic heterocycles. The number of benzene rings is 1. The van der Waals surface area contributed by atoms with Crippen molar-refractivity contribution in [3.05, 3.63) is 53.6 Å². The van der Waals surface area contributed by atoms with Crippen molar-refractivity contribution in [3.63, 3.8) is 0 Å². The minimum Gasteiger partial charge on any atom is -0.348 e. The highest BCUT2D eigenvalue weighted by Crippen LogP contribution is 2.32. The molecule has 1 N–H and O–H groups in total. The van der Waals surface area contributed by atoms with Crippen molar-refractivity contribution in [2.24, 2.45) is 0 Å². The summed E-state index contributed by atoms with van der Waals surface area (Å²) in [4.78, 5) is 18.3. The topological polar surface area (TPSA) is 45.8 Å². The number of aromatic nitrogens is 2. The van der Waals surface area contributed by atoms with Gasteiger partial charge in [0, 0.05) is 18.0 Å². The Morgan fingerprint density at radius 1 is 1.28 bits per heavy atom. The van der Waals surface area contributed by atoms with Gasteiger partial charge in [-0.1, -0.05) is 18.2 Å². The first-order valence-corrected chi connectivity index (χ1v) is 5.16. The van der Waals surface area contributed by atoms with E-state index >= 15 is 0 Å². The van der Waals surface area contributed by atoms with Crippen molar-refractivity contribution in [1.29, 1.82) is 0 Å². The zero-order chi connectivity index (χ0) is 13.2. The highest BCUT2D eigenvalue weighted by Gasteiger charge is 2.34. The lowest BCUT2D eigenvalue weighted by atomic mass is 10.0. The first-order chi connectivity index (χ1) is 8.48. The summed E-state index contributed by atoms with van der Waals surface area (Å²) in [6.45, 7) is 0. The number of carbonyl (C=O) groups is 1. The number of hydrogen-bond acceptors (Lipinski definition) is 2. The van der Waals surface area contributed by atoms with Gasteiger partial charge >= 0.3 is 6.18 Å². The van der Waals surface area contributed by atoms with Crippen LogP contribution in [-0.2, 0) is 12.6 Å². The second-order valence-electron chi connectivity index (χ2n) is 3.68. The van der Waals surface area contributed by atoms with Crippen LogP contribution in [0.1, 0.15) is 21.7 Å². The van der Waals surface area contributed by atoms with E-state index in [1.165, 1.54) is 30.6 Å². The summed E-state index contributed by atoms with van der Waals surface area (Å²) in [6, 6.07) is 4.74. The molecule has 3 nitrogen and oxygen atoms in total. The highest BCUT2D eigenvalue weighted by atomic mass is 19.4. The van der Waals surface area contributed by atoms with E-state index in [0.29, 0.717) is 5.82 Å². The number of H-pyrrole nitrogens is 1. The Morgan fingerprint density at radius 3 is 2.61 bits per heavy atom. The molecule has 0 fully saturated rings. The van der Waals surface area contributed by atoms with Crippen LogP contribution in [0.25, 0.3) is 0 Å². The SMILES string of the molecule is O=C(Cc1ncc[nH]1)c1ccccc1C(F)(F)F. The predicted molar refractivity (Wildman–Crippen MR) is 58.1 cm³/mol. The molecule has 6 heteroatoms. The maximum Gasteiger partial charge on any atom is 0.417 e. The van der Waals surface area contributed by atoms with Crippen LogP contribution in [0, 0.1) is 0 Å². The van der Waals surface area contributed by atoms with Crippen LogP contribution in [0.4, 0.5) is 13.2 Å².